The summed E-state index contributed by atoms with van der Waals surface area (Å²) in [5.74, 6) is 0.195. The molecule has 3 heterocycles. The number of nitrogens with zero attached hydrogens (tertiary/aromatic N) is 4. The lowest BCUT2D eigenvalue weighted by atomic mass is 10.2. The standard InChI is InChI=1S/C21H18FN5O2/c1-3-14-12-27(18-10-23-8-7-17(14)18)26-21(28)29-19-11-24-20(25-13(19)2)15-5-4-6-16(22)9-15/h4-12H,3H2,1-2H3,(H,26,28). The van der Waals surface area contributed by atoms with Crippen LogP contribution in [0.1, 0.15) is 18.2 Å². The van der Waals surface area contributed by atoms with Gasteiger partial charge < -0.3 is 4.74 Å². The number of carbonyl (C=O) groups is 1. The van der Waals surface area contributed by atoms with Gasteiger partial charge in [-0.3, -0.25) is 9.66 Å². The van der Waals surface area contributed by atoms with Crippen molar-refractivity contribution in [2.75, 3.05) is 5.43 Å². The molecule has 0 spiro atoms. The van der Waals surface area contributed by atoms with Crippen LogP contribution in [-0.4, -0.2) is 25.7 Å². The number of rotatable bonds is 4. The average molecular weight is 391 g/mol. The fourth-order valence-corrected chi connectivity index (χ4v) is 3.06. The summed E-state index contributed by atoms with van der Waals surface area (Å²) in [5.41, 5.74) is 5.54. The van der Waals surface area contributed by atoms with E-state index >= 15 is 0 Å². The molecule has 0 saturated heterocycles. The van der Waals surface area contributed by atoms with Crippen molar-refractivity contribution in [2.24, 2.45) is 0 Å². The first-order chi connectivity index (χ1) is 14.0. The molecule has 0 aliphatic heterocycles. The maximum absolute atomic E-state index is 13.4. The summed E-state index contributed by atoms with van der Waals surface area (Å²) < 4.78 is 20.4. The molecule has 0 aliphatic carbocycles. The number of ether oxygens (including phenoxy) is 1. The van der Waals surface area contributed by atoms with Crippen LogP contribution in [0.4, 0.5) is 9.18 Å². The fourth-order valence-electron chi connectivity index (χ4n) is 3.06. The Morgan fingerprint density at radius 1 is 1.28 bits per heavy atom. The third-order valence-electron chi connectivity index (χ3n) is 4.50. The minimum absolute atomic E-state index is 0.216. The Bertz CT molecular complexity index is 1200. The van der Waals surface area contributed by atoms with Gasteiger partial charge in [-0.05, 0) is 37.1 Å². The molecule has 4 aromatic rings. The molecule has 1 aromatic carbocycles. The SMILES string of the molecule is CCc1cn(NC(=O)Oc2cnc(-c3cccc(F)c3)nc2C)c2cnccc12. The van der Waals surface area contributed by atoms with Gasteiger partial charge in [-0.15, -0.1) is 0 Å². The van der Waals surface area contributed by atoms with Crippen molar-refractivity contribution in [2.45, 2.75) is 20.3 Å². The summed E-state index contributed by atoms with van der Waals surface area (Å²) in [6.07, 6.45) is 6.76. The molecule has 0 atom stereocenters. The topological polar surface area (TPSA) is 81.9 Å². The first-order valence-electron chi connectivity index (χ1n) is 9.07. The molecule has 8 heteroatoms. The van der Waals surface area contributed by atoms with Crippen LogP contribution in [0.3, 0.4) is 0 Å². The van der Waals surface area contributed by atoms with E-state index in [9.17, 15) is 9.18 Å². The second kappa shape index (κ2) is 7.67. The Labute approximate surface area is 166 Å². The smallest absolute Gasteiger partial charge is 0.406 e. The Morgan fingerprint density at radius 2 is 2.14 bits per heavy atom. The molecular formula is C21H18FN5O2. The van der Waals surface area contributed by atoms with Gasteiger partial charge in [-0.1, -0.05) is 19.1 Å². The summed E-state index contributed by atoms with van der Waals surface area (Å²) >= 11 is 0. The number of hydrogen-bond acceptors (Lipinski definition) is 5. The van der Waals surface area contributed by atoms with Gasteiger partial charge in [0.05, 0.1) is 23.6 Å². The van der Waals surface area contributed by atoms with Gasteiger partial charge in [-0.2, -0.15) is 0 Å². The molecule has 0 saturated carbocycles. The zero-order valence-electron chi connectivity index (χ0n) is 15.9. The van der Waals surface area contributed by atoms with Crippen LogP contribution in [0.15, 0.2) is 55.1 Å². The monoisotopic (exact) mass is 391 g/mol. The van der Waals surface area contributed by atoms with Gasteiger partial charge in [0.25, 0.3) is 0 Å². The highest BCUT2D eigenvalue weighted by Gasteiger charge is 2.14. The number of amides is 1. The van der Waals surface area contributed by atoms with Crippen molar-refractivity contribution in [3.05, 3.63) is 72.2 Å². The number of carbonyl (C=O) groups excluding carboxylic acids is 1. The number of fused-ring (bicyclic) bond motifs is 1. The number of pyridine rings is 1. The quantitative estimate of drug-likeness (QED) is 0.563. The van der Waals surface area contributed by atoms with Crippen LogP contribution in [0.5, 0.6) is 5.75 Å². The molecule has 4 rings (SSSR count). The van der Waals surface area contributed by atoms with Crippen molar-refractivity contribution in [3.8, 4) is 17.1 Å². The van der Waals surface area contributed by atoms with E-state index in [1.54, 1.807) is 36.1 Å². The third-order valence-corrected chi connectivity index (χ3v) is 4.50. The Hall–Kier alpha value is -3.81. The van der Waals surface area contributed by atoms with Crippen molar-refractivity contribution in [3.63, 3.8) is 0 Å². The van der Waals surface area contributed by atoms with Gasteiger partial charge >= 0.3 is 6.09 Å². The van der Waals surface area contributed by atoms with Gasteiger partial charge in [-0.25, -0.2) is 24.6 Å². The van der Waals surface area contributed by atoms with Gasteiger partial charge in [0.1, 0.15) is 5.82 Å². The van der Waals surface area contributed by atoms with Crippen LogP contribution in [0, 0.1) is 12.7 Å². The largest absolute Gasteiger partial charge is 0.432 e. The number of benzene rings is 1. The zero-order valence-corrected chi connectivity index (χ0v) is 15.9. The first-order valence-corrected chi connectivity index (χ1v) is 9.07. The molecule has 1 N–H and O–H groups in total. The summed E-state index contributed by atoms with van der Waals surface area (Å²) in [7, 11) is 0. The van der Waals surface area contributed by atoms with E-state index in [1.807, 2.05) is 19.2 Å². The number of hydrogen-bond donors (Lipinski definition) is 1. The number of aromatic nitrogens is 4. The van der Waals surface area contributed by atoms with Crippen molar-refractivity contribution >= 4 is 17.0 Å². The molecule has 1 amide bonds. The number of aryl methyl sites for hydroxylation is 2. The zero-order chi connectivity index (χ0) is 20.4. The van der Waals surface area contributed by atoms with E-state index < -0.39 is 6.09 Å². The van der Waals surface area contributed by atoms with Crippen molar-refractivity contribution in [1.82, 2.24) is 19.6 Å². The van der Waals surface area contributed by atoms with Crippen LogP contribution in [0.25, 0.3) is 22.3 Å². The van der Waals surface area contributed by atoms with E-state index in [0.717, 1.165) is 22.9 Å². The predicted molar refractivity (Wildman–Crippen MR) is 107 cm³/mol. The highest BCUT2D eigenvalue weighted by atomic mass is 19.1. The van der Waals surface area contributed by atoms with E-state index in [-0.39, 0.29) is 11.6 Å². The second-order valence-corrected chi connectivity index (χ2v) is 6.43. The molecule has 0 bridgehead atoms. The van der Waals surface area contributed by atoms with Crippen LogP contribution >= 0.6 is 0 Å². The minimum Gasteiger partial charge on any atom is -0.406 e. The molecule has 0 fully saturated rings. The van der Waals surface area contributed by atoms with Gasteiger partial charge in [0.15, 0.2) is 11.6 Å². The molecular weight excluding hydrogens is 373 g/mol. The van der Waals surface area contributed by atoms with Crippen LogP contribution in [0.2, 0.25) is 0 Å². The maximum Gasteiger partial charge on any atom is 0.432 e. The number of halogens is 1. The van der Waals surface area contributed by atoms with Gasteiger partial charge in [0.2, 0.25) is 0 Å². The van der Waals surface area contributed by atoms with E-state index in [0.29, 0.717) is 17.1 Å². The molecule has 146 valence electrons. The highest BCUT2D eigenvalue weighted by molar-refractivity contribution is 5.87. The number of nitrogens with one attached hydrogen (secondary N) is 1. The molecule has 7 nitrogen and oxygen atoms in total. The second-order valence-electron chi connectivity index (χ2n) is 6.43. The van der Waals surface area contributed by atoms with Crippen molar-refractivity contribution < 1.29 is 13.9 Å². The lowest BCUT2D eigenvalue weighted by molar-refractivity contribution is 0.211. The molecule has 0 radical (unpaired) electrons. The first kappa shape index (κ1) is 18.5. The predicted octanol–water partition coefficient (Wildman–Crippen LogP) is 4.25. The fraction of sp³-hybridized carbons (Fsp3) is 0.143. The minimum atomic E-state index is -0.682. The molecule has 29 heavy (non-hydrogen) atoms. The van der Waals surface area contributed by atoms with Crippen LogP contribution in [-0.2, 0) is 6.42 Å². The lowest BCUT2D eigenvalue weighted by Crippen LogP contribution is -2.25. The summed E-state index contributed by atoms with van der Waals surface area (Å²) in [6.45, 7) is 3.73. The Morgan fingerprint density at radius 3 is 2.90 bits per heavy atom. The Kier molecular flexibility index (Phi) is 4.90. The average Bonchev–Trinajstić information content (AvgIpc) is 3.07. The maximum atomic E-state index is 13.4. The summed E-state index contributed by atoms with van der Waals surface area (Å²) in [4.78, 5) is 25.0. The van der Waals surface area contributed by atoms with E-state index in [2.05, 4.69) is 20.4 Å². The third kappa shape index (κ3) is 3.77. The van der Waals surface area contributed by atoms with E-state index in [4.69, 9.17) is 4.74 Å². The molecule has 0 unspecified atom stereocenters. The molecule has 0 aliphatic rings. The lowest BCUT2D eigenvalue weighted by Gasteiger charge is -2.10. The van der Waals surface area contributed by atoms with Crippen LogP contribution < -0.4 is 10.2 Å². The summed E-state index contributed by atoms with van der Waals surface area (Å²) in [6, 6.07) is 7.89. The summed E-state index contributed by atoms with van der Waals surface area (Å²) in [5, 5.41) is 1.02. The van der Waals surface area contributed by atoms with E-state index in [1.165, 1.54) is 18.3 Å². The Balaban J connectivity index is 1.53. The molecule has 3 aromatic heterocycles. The van der Waals surface area contributed by atoms with Gasteiger partial charge in [0, 0.05) is 23.3 Å². The normalized spacial score (nSPS) is 10.9. The highest BCUT2D eigenvalue weighted by Crippen LogP contribution is 2.22. The van der Waals surface area contributed by atoms with Crippen molar-refractivity contribution in [1.29, 1.82) is 0 Å².